The molecule has 3 aromatic rings. The molecule has 216 valence electrons. The Morgan fingerprint density at radius 3 is 2.88 bits per heavy atom. The third kappa shape index (κ3) is 4.52. The van der Waals surface area contributed by atoms with Crippen molar-refractivity contribution in [3.63, 3.8) is 0 Å². The lowest BCUT2D eigenvalue weighted by atomic mass is 9.94. The number of phenols is 1. The molecule has 1 aromatic heterocycles. The lowest BCUT2D eigenvalue weighted by molar-refractivity contribution is 0.0262. The van der Waals surface area contributed by atoms with Crippen LogP contribution < -0.4 is 15.0 Å². The van der Waals surface area contributed by atoms with Crippen LogP contribution in [0.25, 0.3) is 10.8 Å². The fourth-order valence-electron chi connectivity index (χ4n) is 8.03. The van der Waals surface area contributed by atoms with Crippen LogP contribution in [-0.2, 0) is 17.8 Å². The first-order valence-electron chi connectivity index (χ1n) is 14.9. The van der Waals surface area contributed by atoms with Gasteiger partial charge >= 0.3 is 6.01 Å². The first kappa shape index (κ1) is 25.9. The molecule has 0 aliphatic carbocycles. The van der Waals surface area contributed by atoms with Crippen molar-refractivity contribution < 1.29 is 19.0 Å². The van der Waals surface area contributed by atoms with Gasteiger partial charge in [-0.25, -0.2) is 4.39 Å². The van der Waals surface area contributed by atoms with Crippen LogP contribution in [-0.4, -0.2) is 76.6 Å². The Kier molecular flexibility index (Phi) is 6.29. The number of hydrogen-bond acceptors (Lipinski definition) is 8. The van der Waals surface area contributed by atoms with Gasteiger partial charge < -0.3 is 24.8 Å². The van der Waals surface area contributed by atoms with Crippen molar-refractivity contribution >= 4 is 28.2 Å². The number of hydrogen-bond donors (Lipinski definition) is 2. The summed E-state index contributed by atoms with van der Waals surface area (Å²) in [6, 6.07) is 10.4. The van der Waals surface area contributed by atoms with Crippen LogP contribution in [0.4, 0.5) is 10.2 Å². The van der Waals surface area contributed by atoms with Gasteiger partial charge in [0, 0.05) is 60.5 Å². The van der Waals surface area contributed by atoms with Gasteiger partial charge in [-0.15, -0.1) is 0 Å². The standard InChI is InChI=1S/C31H35ClFN5O3/c32-25-4-1-3-18-9-22(39)10-23(28(18)25)27-11-26-24(16-40-27)29(37-14-20-5-6-21(15-37)34-20)36-30(35-26)41-17-31-7-2-8-38(31)13-19(33)12-31/h1,3-4,9-10,19-21,27,34,39H,2,5-8,11-17H2/t19-,20?,21?,27+,31+/m1/s1. The van der Waals surface area contributed by atoms with E-state index in [4.69, 9.17) is 31.0 Å². The lowest BCUT2D eigenvalue weighted by Crippen LogP contribution is -2.52. The number of nitrogens with one attached hydrogen (secondary N) is 1. The second kappa shape index (κ2) is 9.93. The normalized spacial score (nSPS) is 31.0. The maximum absolute atomic E-state index is 14.4. The van der Waals surface area contributed by atoms with Gasteiger partial charge in [0.15, 0.2) is 0 Å². The predicted molar refractivity (Wildman–Crippen MR) is 155 cm³/mol. The van der Waals surface area contributed by atoms with Gasteiger partial charge in [-0.2, -0.15) is 9.97 Å². The van der Waals surface area contributed by atoms with Gasteiger partial charge in [-0.3, -0.25) is 4.90 Å². The Hall–Kier alpha value is -2.72. The molecule has 2 aromatic carbocycles. The van der Waals surface area contributed by atoms with Gasteiger partial charge in [-0.05, 0) is 61.4 Å². The molecule has 5 atom stereocenters. The summed E-state index contributed by atoms with van der Waals surface area (Å²) >= 11 is 6.65. The van der Waals surface area contributed by atoms with Crippen LogP contribution in [0.3, 0.4) is 0 Å². The summed E-state index contributed by atoms with van der Waals surface area (Å²) < 4.78 is 27.3. The average molecular weight is 580 g/mol. The molecular weight excluding hydrogens is 545 g/mol. The molecule has 5 aliphatic heterocycles. The highest BCUT2D eigenvalue weighted by molar-refractivity contribution is 6.35. The summed E-state index contributed by atoms with van der Waals surface area (Å²) in [6.45, 7) is 3.93. The van der Waals surface area contributed by atoms with Gasteiger partial charge in [-0.1, -0.05) is 23.7 Å². The minimum absolute atomic E-state index is 0.177. The predicted octanol–water partition coefficient (Wildman–Crippen LogP) is 4.70. The van der Waals surface area contributed by atoms with E-state index in [9.17, 15) is 9.50 Å². The molecule has 4 fully saturated rings. The SMILES string of the molecule is Oc1cc([C@@H]2Cc3nc(OC[C@@]45CCCN4C[C@H](F)C5)nc(N4CC5CCC(C4)N5)c3CO2)c2c(Cl)cccc2c1. The molecule has 8 rings (SSSR count). The van der Waals surface area contributed by atoms with Crippen LogP contribution in [0.5, 0.6) is 11.8 Å². The highest BCUT2D eigenvalue weighted by Crippen LogP contribution is 2.43. The van der Waals surface area contributed by atoms with E-state index in [1.54, 1.807) is 12.1 Å². The molecule has 10 heteroatoms. The fraction of sp³-hybridized carbons (Fsp3) is 0.548. The number of ether oxygens (including phenoxy) is 2. The third-order valence-electron chi connectivity index (χ3n) is 9.89. The molecule has 4 saturated heterocycles. The molecule has 0 spiro atoms. The average Bonchev–Trinajstić information content (AvgIpc) is 3.61. The topological polar surface area (TPSA) is 83.0 Å². The van der Waals surface area contributed by atoms with Crippen LogP contribution in [0.15, 0.2) is 30.3 Å². The second-order valence-corrected chi connectivity index (χ2v) is 12.9. The molecule has 0 radical (unpaired) electrons. The van der Waals surface area contributed by atoms with Crippen molar-refractivity contribution in [3.05, 3.63) is 52.2 Å². The summed E-state index contributed by atoms with van der Waals surface area (Å²) in [5, 5.41) is 16.6. The van der Waals surface area contributed by atoms with Crippen LogP contribution in [0.1, 0.15) is 55.0 Å². The van der Waals surface area contributed by atoms with E-state index in [-0.39, 0.29) is 17.4 Å². The number of piperazine rings is 1. The molecule has 6 heterocycles. The number of alkyl halides is 1. The maximum atomic E-state index is 14.4. The number of phenolic OH excluding ortho intramolecular Hbond substituents is 1. The molecule has 0 amide bonds. The van der Waals surface area contributed by atoms with Gasteiger partial charge in [0.1, 0.15) is 24.3 Å². The summed E-state index contributed by atoms with van der Waals surface area (Å²) in [5.41, 5.74) is 2.47. The Bertz CT molecular complexity index is 1500. The first-order valence-corrected chi connectivity index (χ1v) is 15.3. The zero-order chi connectivity index (χ0) is 27.7. The minimum Gasteiger partial charge on any atom is -0.508 e. The minimum atomic E-state index is -0.808. The highest BCUT2D eigenvalue weighted by atomic mass is 35.5. The molecule has 41 heavy (non-hydrogen) atoms. The summed E-state index contributed by atoms with van der Waals surface area (Å²) in [6.07, 6.45) is 4.22. The van der Waals surface area contributed by atoms with Crippen molar-refractivity contribution in [2.75, 3.05) is 37.7 Å². The number of halogens is 2. The molecule has 0 saturated carbocycles. The van der Waals surface area contributed by atoms with Crippen molar-refractivity contribution in [3.8, 4) is 11.8 Å². The van der Waals surface area contributed by atoms with Gasteiger partial charge in [0.2, 0.25) is 0 Å². The first-order chi connectivity index (χ1) is 19.9. The van der Waals surface area contributed by atoms with Crippen LogP contribution >= 0.6 is 11.6 Å². The molecule has 2 unspecified atom stereocenters. The fourth-order valence-corrected chi connectivity index (χ4v) is 8.32. The summed E-state index contributed by atoms with van der Waals surface area (Å²) in [4.78, 5) is 14.6. The van der Waals surface area contributed by atoms with Gasteiger partial charge in [0.25, 0.3) is 0 Å². The van der Waals surface area contributed by atoms with Crippen molar-refractivity contribution in [1.29, 1.82) is 0 Å². The number of aromatic nitrogens is 2. The second-order valence-electron chi connectivity index (χ2n) is 12.5. The van der Waals surface area contributed by atoms with Crippen molar-refractivity contribution in [2.45, 2.75) is 75.0 Å². The Morgan fingerprint density at radius 1 is 1.17 bits per heavy atom. The Labute approximate surface area is 243 Å². The number of aromatic hydroxyl groups is 1. The molecule has 5 aliphatic rings. The van der Waals surface area contributed by atoms with E-state index in [0.717, 1.165) is 65.9 Å². The van der Waals surface area contributed by atoms with E-state index >= 15 is 0 Å². The summed E-state index contributed by atoms with van der Waals surface area (Å²) in [5.74, 6) is 1.06. The quantitative estimate of drug-likeness (QED) is 0.450. The number of rotatable bonds is 5. The summed E-state index contributed by atoms with van der Waals surface area (Å²) in [7, 11) is 0. The van der Waals surface area contributed by atoms with E-state index in [1.807, 2.05) is 18.2 Å². The molecule has 2 N–H and O–H groups in total. The highest BCUT2D eigenvalue weighted by Gasteiger charge is 2.49. The monoisotopic (exact) mass is 579 g/mol. The van der Waals surface area contributed by atoms with Crippen LogP contribution in [0.2, 0.25) is 5.02 Å². The number of nitrogens with zero attached hydrogens (tertiary/aromatic N) is 4. The number of benzene rings is 2. The smallest absolute Gasteiger partial charge is 0.318 e. The molecule has 8 nitrogen and oxygen atoms in total. The lowest BCUT2D eigenvalue weighted by Gasteiger charge is -2.37. The Morgan fingerprint density at radius 2 is 2.02 bits per heavy atom. The van der Waals surface area contributed by atoms with Crippen LogP contribution in [0, 0.1) is 0 Å². The Balaban J connectivity index is 1.15. The van der Waals surface area contributed by atoms with E-state index in [0.29, 0.717) is 55.7 Å². The maximum Gasteiger partial charge on any atom is 0.318 e. The van der Waals surface area contributed by atoms with E-state index in [2.05, 4.69) is 15.1 Å². The van der Waals surface area contributed by atoms with Gasteiger partial charge in [0.05, 0.1) is 23.9 Å². The number of anilines is 1. The van der Waals surface area contributed by atoms with E-state index in [1.165, 1.54) is 12.8 Å². The zero-order valence-electron chi connectivity index (χ0n) is 23.0. The number of fused-ring (bicyclic) bond motifs is 5. The molecular formula is C31H35ClFN5O3. The third-order valence-corrected chi connectivity index (χ3v) is 10.2. The van der Waals surface area contributed by atoms with Crippen molar-refractivity contribution in [1.82, 2.24) is 20.2 Å². The largest absolute Gasteiger partial charge is 0.508 e. The van der Waals surface area contributed by atoms with Crippen molar-refractivity contribution in [2.24, 2.45) is 0 Å². The molecule has 2 bridgehead atoms. The zero-order valence-corrected chi connectivity index (χ0v) is 23.7. The van der Waals surface area contributed by atoms with E-state index < -0.39 is 6.17 Å².